The molecule has 2 aliphatic heterocycles. The molecule has 1 N–H and O–H groups in total. The van der Waals surface area contributed by atoms with E-state index < -0.39 is 16.1 Å². The highest BCUT2D eigenvalue weighted by Gasteiger charge is 2.40. The zero-order valence-corrected chi connectivity index (χ0v) is 24.3. The minimum absolute atomic E-state index is 0.0412. The second-order valence-electron chi connectivity index (χ2n) is 11.2. The molecular formula is C32H32N4O4S. The number of nitrogens with zero attached hydrogens (tertiary/aromatic N) is 3. The third-order valence-corrected chi connectivity index (χ3v) is 9.06. The average molecular weight is 569 g/mol. The van der Waals surface area contributed by atoms with E-state index in [9.17, 15) is 13.2 Å². The Morgan fingerprint density at radius 1 is 0.976 bits per heavy atom. The van der Waals surface area contributed by atoms with Gasteiger partial charge in [0.05, 0.1) is 16.6 Å². The highest BCUT2D eigenvalue weighted by molar-refractivity contribution is 7.92. The number of ether oxygens (including phenoxy) is 1. The summed E-state index contributed by atoms with van der Waals surface area (Å²) in [4.78, 5) is 25.0. The summed E-state index contributed by atoms with van der Waals surface area (Å²) in [7, 11) is -4.11. The maximum absolute atomic E-state index is 14.1. The molecule has 3 heterocycles. The minimum atomic E-state index is -4.11. The number of carbonyl (C=O) groups excluding carboxylic acids is 1. The molecule has 0 radical (unpaired) electrons. The molecule has 4 aromatic rings. The molecule has 210 valence electrons. The number of amides is 1. The van der Waals surface area contributed by atoms with Crippen molar-refractivity contribution in [3.05, 3.63) is 101 Å². The molecule has 1 aromatic heterocycles. The molecule has 0 fully saturated rings. The van der Waals surface area contributed by atoms with Gasteiger partial charge in [0.15, 0.2) is 0 Å². The molecule has 6 rings (SSSR count). The van der Waals surface area contributed by atoms with Gasteiger partial charge in [-0.25, -0.2) is 18.1 Å². The van der Waals surface area contributed by atoms with Crippen molar-refractivity contribution >= 4 is 21.9 Å². The fourth-order valence-electron chi connectivity index (χ4n) is 5.87. The normalized spacial score (nSPS) is 19.2. The van der Waals surface area contributed by atoms with Crippen LogP contribution in [-0.4, -0.2) is 35.2 Å². The summed E-state index contributed by atoms with van der Waals surface area (Å²) in [6.07, 6.45) is 0.156. The van der Waals surface area contributed by atoms with Crippen LogP contribution in [0.4, 0.5) is 5.95 Å². The van der Waals surface area contributed by atoms with E-state index in [2.05, 4.69) is 28.5 Å². The standard InChI is InChI=1S/C32H32N4O4S/c1-19(2)15-27-30-25-14-6-5-11-23(25)18-36(27)31(37)22-12-8-13-24(16-22)41(38,39)35-32-33-26(17-28(34-32)40-30)29-20(3)9-7-10-21(29)4/h5-14,16-17,19,27,30H,15,18H2,1-4H3,(H,33,34,35)/t27-,30-/m1/s1. The lowest BCUT2D eigenvalue weighted by atomic mass is 9.86. The molecule has 2 aliphatic rings. The van der Waals surface area contributed by atoms with E-state index in [0.717, 1.165) is 27.8 Å². The molecule has 6 bridgehead atoms. The van der Waals surface area contributed by atoms with Crippen molar-refractivity contribution < 1.29 is 17.9 Å². The fraction of sp³-hybridized carbons (Fsp3) is 0.281. The monoisotopic (exact) mass is 568 g/mol. The zero-order valence-electron chi connectivity index (χ0n) is 23.5. The summed E-state index contributed by atoms with van der Waals surface area (Å²) in [6, 6.07) is 21.5. The lowest BCUT2D eigenvalue weighted by molar-refractivity contribution is 0.0241. The number of fused-ring (bicyclic) bond motifs is 8. The Morgan fingerprint density at radius 3 is 2.46 bits per heavy atom. The third kappa shape index (κ3) is 5.06. The number of benzene rings is 3. The summed E-state index contributed by atoms with van der Waals surface area (Å²) < 4.78 is 36.3. The van der Waals surface area contributed by atoms with Gasteiger partial charge in [-0.05, 0) is 66.6 Å². The van der Waals surface area contributed by atoms with Crippen LogP contribution in [-0.2, 0) is 16.6 Å². The number of nitrogens with one attached hydrogen (secondary N) is 1. The van der Waals surface area contributed by atoms with Crippen LogP contribution in [0.2, 0.25) is 0 Å². The van der Waals surface area contributed by atoms with Crippen LogP contribution >= 0.6 is 0 Å². The van der Waals surface area contributed by atoms with Gasteiger partial charge >= 0.3 is 0 Å². The number of hydrogen-bond acceptors (Lipinski definition) is 6. The largest absolute Gasteiger partial charge is 0.467 e. The topological polar surface area (TPSA) is 101 Å². The van der Waals surface area contributed by atoms with Crippen molar-refractivity contribution in [2.45, 2.75) is 57.7 Å². The van der Waals surface area contributed by atoms with Crippen LogP contribution in [0, 0.1) is 19.8 Å². The van der Waals surface area contributed by atoms with Crippen molar-refractivity contribution in [3.63, 3.8) is 0 Å². The Hall–Kier alpha value is -4.24. The molecule has 1 amide bonds. The van der Waals surface area contributed by atoms with Crippen LogP contribution in [0.5, 0.6) is 5.88 Å². The molecule has 0 unspecified atom stereocenters. The number of rotatable bonds is 3. The lowest BCUT2D eigenvalue weighted by Gasteiger charge is -2.43. The number of aromatic nitrogens is 2. The summed E-state index contributed by atoms with van der Waals surface area (Å²) in [5, 5.41) is 0. The first-order valence-corrected chi connectivity index (χ1v) is 15.2. The van der Waals surface area contributed by atoms with Crippen molar-refractivity contribution in [2.75, 3.05) is 4.72 Å². The van der Waals surface area contributed by atoms with E-state index in [4.69, 9.17) is 4.74 Å². The van der Waals surface area contributed by atoms with Crippen LogP contribution in [0.25, 0.3) is 11.3 Å². The molecular weight excluding hydrogens is 536 g/mol. The highest BCUT2D eigenvalue weighted by Crippen LogP contribution is 2.40. The molecule has 0 spiro atoms. The van der Waals surface area contributed by atoms with E-state index in [1.165, 1.54) is 12.1 Å². The Balaban J connectivity index is 1.62. The molecule has 3 aromatic carbocycles. The summed E-state index contributed by atoms with van der Waals surface area (Å²) in [5.74, 6) is 0.146. The Bertz CT molecular complexity index is 1750. The molecule has 41 heavy (non-hydrogen) atoms. The zero-order chi connectivity index (χ0) is 28.9. The second-order valence-corrected chi connectivity index (χ2v) is 12.9. The Labute approximate surface area is 240 Å². The number of anilines is 1. The first kappa shape index (κ1) is 27.0. The average Bonchev–Trinajstić information content (AvgIpc) is 2.93. The van der Waals surface area contributed by atoms with E-state index in [1.54, 1.807) is 18.2 Å². The Morgan fingerprint density at radius 2 is 1.71 bits per heavy atom. The Kier molecular flexibility index (Phi) is 6.77. The quantitative estimate of drug-likeness (QED) is 0.322. The molecule has 8 nitrogen and oxygen atoms in total. The first-order chi connectivity index (χ1) is 19.6. The van der Waals surface area contributed by atoms with E-state index in [-0.39, 0.29) is 34.6 Å². The van der Waals surface area contributed by atoms with Gasteiger partial charge in [-0.15, -0.1) is 0 Å². The van der Waals surface area contributed by atoms with Gasteiger partial charge < -0.3 is 9.64 Å². The van der Waals surface area contributed by atoms with Gasteiger partial charge in [0, 0.05) is 23.7 Å². The number of carbonyl (C=O) groups is 1. The summed E-state index contributed by atoms with van der Waals surface area (Å²) in [6.45, 7) is 8.61. The lowest BCUT2D eigenvalue weighted by Crippen LogP contribution is -2.49. The third-order valence-electron chi connectivity index (χ3n) is 7.73. The number of sulfonamides is 1. The summed E-state index contributed by atoms with van der Waals surface area (Å²) in [5.41, 5.74) is 5.67. The number of aryl methyl sites for hydroxylation is 2. The number of hydrogen-bond donors (Lipinski definition) is 1. The summed E-state index contributed by atoms with van der Waals surface area (Å²) >= 11 is 0. The van der Waals surface area contributed by atoms with Crippen LogP contribution in [0.1, 0.15) is 59.0 Å². The van der Waals surface area contributed by atoms with Crippen molar-refractivity contribution in [1.82, 2.24) is 14.9 Å². The van der Waals surface area contributed by atoms with Crippen molar-refractivity contribution in [3.8, 4) is 17.1 Å². The van der Waals surface area contributed by atoms with E-state index >= 15 is 0 Å². The van der Waals surface area contributed by atoms with Gasteiger partial charge in [0.25, 0.3) is 15.9 Å². The smallest absolute Gasteiger partial charge is 0.264 e. The van der Waals surface area contributed by atoms with Crippen LogP contribution in [0.15, 0.2) is 77.7 Å². The van der Waals surface area contributed by atoms with Gasteiger partial charge in [0.2, 0.25) is 11.8 Å². The van der Waals surface area contributed by atoms with Gasteiger partial charge in [-0.1, -0.05) is 62.4 Å². The second kappa shape index (κ2) is 10.3. The van der Waals surface area contributed by atoms with E-state index in [1.807, 2.05) is 61.2 Å². The van der Waals surface area contributed by atoms with Crippen molar-refractivity contribution in [2.24, 2.45) is 5.92 Å². The molecule has 2 atom stereocenters. The maximum Gasteiger partial charge on any atom is 0.264 e. The van der Waals surface area contributed by atoms with Crippen LogP contribution in [0.3, 0.4) is 0 Å². The molecule has 0 saturated heterocycles. The van der Waals surface area contributed by atoms with Gasteiger partial charge in [-0.3, -0.25) is 4.79 Å². The SMILES string of the molecule is Cc1cccc(C)c1-c1cc2nc(n1)NS(=O)(=O)c1cccc(c1)C(=O)N1Cc3ccccc3[C@@H](O2)[C@H]1CC(C)C. The first-order valence-electron chi connectivity index (χ1n) is 13.7. The maximum atomic E-state index is 14.1. The van der Waals surface area contributed by atoms with E-state index in [0.29, 0.717) is 24.2 Å². The van der Waals surface area contributed by atoms with Gasteiger partial charge in [-0.2, -0.15) is 4.98 Å². The molecule has 9 heteroatoms. The highest BCUT2D eigenvalue weighted by atomic mass is 32.2. The van der Waals surface area contributed by atoms with Gasteiger partial charge in [0.1, 0.15) is 6.10 Å². The minimum Gasteiger partial charge on any atom is -0.467 e. The molecule has 0 saturated carbocycles. The fourth-order valence-corrected chi connectivity index (χ4v) is 6.86. The van der Waals surface area contributed by atoms with Crippen molar-refractivity contribution in [1.29, 1.82) is 0 Å². The predicted octanol–water partition coefficient (Wildman–Crippen LogP) is 6.07. The predicted molar refractivity (Wildman–Crippen MR) is 157 cm³/mol. The molecule has 0 aliphatic carbocycles. The van der Waals surface area contributed by atoms with Crippen LogP contribution < -0.4 is 9.46 Å².